The molecule has 1 fully saturated rings. The van der Waals surface area contributed by atoms with Crippen molar-refractivity contribution in [1.29, 1.82) is 0 Å². The van der Waals surface area contributed by atoms with Gasteiger partial charge in [-0.05, 0) is 77.5 Å². The number of hydrogen-bond donors (Lipinski definition) is 1. The summed E-state index contributed by atoms with van der Waals surface area (Å²) in [5.74, 6) is 1.15. The average Bonchev–Trinajstić information content (AvgIpc) is 2.60. The summed E-state index contributed by atoms with van der Waals surface area (Å²) < 4.78 is 12.9. The highest BCUT2D eigenvalue weighted by Crippen LogP contribution is 2.56. The third kappa shape index (κ3) is 4.00. The van der Waals surface area contributed by atoms with Gasteiger partial charge in [-0.25, -0.2) is 0 Å². The Morgan fingerprint density at radius 3 is 2.71 bits per heavy atom. The van der Waals surface area contributed by atoms with Crippen molar-refractivity contribution in [2.75, 3.05) is 0 Å². The van der Waals surface area contributed by atoms with Crippen molar-refractivity contribution in [3.63, 3.8) is 0 Å². The van der Waals surface area contributed by atoms with Crippen molar-refractivity contribution < 1.29 is 14.6 Å². The van der Waals surface area contributed by atoms with Crippen LogP contribution in [-0.4, -0.2) is 17.0 Å². The topological polar surface area (TPSA) is 38.7 Å². The summed E-state index contributed by atoms with van der Waals surface area (Å²) in [6.45, 7) is 12.7. The number of aromatic hydroxyl groups is 1. The molecule has 0 aromatic heterocycles. The standard InChI is InChI=1S/C25H36O3/c1-7-9-10-18(8-2)19-13-22(26)24-21-15-25(27-17(5)6,28-23(24)14-19)12-11-20(21)16(3)4/h7,9,13-14,17-18,21,26H,8,10-12,15H2,1-6H3. The highest BCUT2D eigenvalue weighted by atomic mass is 16.7. The van der Waals surface area contributed by atoms with Gasteiger partial charge in [-0.2, -0.15) is 0 Å². The van der Waals surface area contributed by atoms with E-state index in [4.69, 9.17) is 9.47 Å². The van der Waals surface area contributed by atoms with Gasteiger partial charge in [-0.3, -0.25) is 0 Å². The molecule has 1 aromatic rings. The Kier molecular flexibility index (Phi) is 6.24. The zero-order chi connectivity index (χ0) is 20.5. The minimum absolute atomic E-state index is 0.102. The molecule has 154 valence electrons. The quantitative estimate of drug-likeness (QED) is 0.538. The maximum Gasteiger partial charge on any atom is 0.212 e. The molecular formula is C25H36O3. The molecule has 2 bridgehead atoms. The Bertz CT molecular complexity index is 770. The highest BCUT2D eigenvalue weighted by molar-refractivity contribution is 5.55. The van der Waals surface area contributed by atoms with Crippen molar-refractivity contribution in [2.24, 2.45) is 0 Å². The van der Waals surface area contributed by atoms with E-state index in [0.29, 0.717) is 11.7 Å². The van der Waals surface area contributed by atoms with E-state index in [1.54, 1.807) is 0 Å². The molecule has 1 aliphatic heterocycles. The number of phenolic OH excluding ortho intramolecular Hbond substituents is 1. The molecule has 0 saturated heterocycles. The van der Waals surface area contributed by atoms with Gasteiger partial charge in [0.15, 0.2) is 0 Å². The summed E-state index contributed by atoms with van der Waals surface area (Å²) in [5.41, 5.74) is 4.87. The molecule has 28 heavy (non-hydrogen) atoms. The van der Waals surface area contributed by atoms with Crippen LogP contribution in [0.3, 0.4) is 0 Å². The Balaban J connectivity index is 2.09. The molecule has 0 radical (unpaired) electrons. The molecule has 1 heterocycles. The summed E-state index contributed by atoms with van der Waals surface area (Å²) in [6, 6.07) is 4.12. The lowest BCUT2D eigenvalue weighted by Gasteiger charge is -2.48. The Hall–Kier alpha value is -1.74. The first-order valence-corrected chi connectivity index (χ1v) is 10.8. The van der Waals surface area contributed by atoms with Crippen LogP contribution in [-0.2, 0) is 4.74 Å². The molecule has 3 heteroatoms. The molecule has 2 aliphatic rings. The molecule has 0 spiro atoms. The number of ether oxygens (including phenoxy) is 2. The van der Waals surface area contributed by atoms with E-state index in [0.717, 1.165) is 49.0 Å². The van der Waals surface area contributed by atoms with Crippen LogP contribution in [0.4, 0.5) is 0 Å². The van der Waals surface area contributed by atoms with Crippen LogP contribution in [0.2, 0.25) is 0 Å². The predicted octanol–water partition coefficient (Wildman–Crippen LogP) is 6.97. The van der Waals surface area contributed by atoms with Crippen LogP contribution in [0.25, 0.3) is 0 Å². The fraction of sp³-hybridized carbons (Fsp3) is 0.600. The summed E-state index contributed by atoms with van der Waals surface area (Å²) in [4.78, 5) is 0. The highest BCUT2D eigenvalue weighted by Gasteiger charge is 2.48. The number of fused-ring (bicyclic) bond motifs is 4. The van der Waals surface area contributed by atoms with Gasteiger partial charge in [0.1, 0.15) is 11.5 Å². The number of benzene rings is 1. The van der Waals surface area contributed by atoms with E-state index >= 15 is 0 Å². The maximum absolute atomic E-state index is 11.0. The van der Waals surface area contributed by atoms with Crippen LogP contribution < -0.4 is 4.74 Å². The SMILES string of the molecule is CC=CCC(CC)c1cc(O)c2c(c1)OC1(OC(C)C)CCC(=C(C)C)C2C1. The normalized spacial score (nSPS) is 25.0. The smallest absolute Gasteiger partial charge is 0.212 e. The largest absolute Gasteiger partial charge is 0.507 e. The molecule has 3 rings (SSSR count). The minimum Gasteiger partial charge on any atom is -0.507 e. The van der Waals surface area contributed by atoms with Gasteiger partial charge in [0.25, 0.3) is 0 Å². The van der Waals surface area contributed by atoms with E-state index in [1.807, 2.05) is 6.07 Å². The maximum atomic E-state index is 11.0. The number of rotatable bonds is 6. The van der Waals surface area contributed by atoms with Crippen LogP contribution >= 0.6 is 0 Å². The van der Waals surface area contributed by atoms with E-state index < -0.39 is 5.79 Å². The molecule has 0 amide bonds. The summed E-state index contributed by atoms with van der Waals surface area (Å²) in [7, 11) is 0. The van der Waals surface area contributed by atoms with Crippen LogP contribution in [0, 0.1) is 0 Å². The minimum atomic E-state index is -0.582. The predicted molar refractivity (Wildman–Crippen MR) is 115 cm³/mol. The van der Waals surface area contributed by atoms with Crippen molar-refractivity contribution in [1.82, 2.24) is 0 Å². The first kappa shape index (κ1) is 21.0. The van der Waals surface area contributed by atoms with E-state index in [1.165, 1.54) is 11.1 Å². The lowest BCUT2D eigenvalue weighted by Crippen LogP contribution is -2.48. The Labute approximate surface area is 170 Å². The second-order valence-electron chi connectivity index (χ2n) is 8.82. The number of phenols is 1. The first-order chi connectivity index (χ1) is 13.3. The molecule has 1 N–H and O–H groups in total. The van der Waals surface area contributed by atoms with E-state index in [9.17, 15) is 5.11 Å². The van der Waals surface area contributed by atoms with Gasteiger partial charge in [0.05, 0.1) is 6.10 Å². The van der Waals surface area contributed by atoms with Crippen molar-refractivity contribution >= 4 is 0 Å². The van der Waals surface area contributed by atoms with Crippen molar-refractivity contribution in [2.45, 2.75) is 97.4 Å². The lowest BCUT2D eigenvalue weighted by atomic mass is 9.72. The zero-order valence-corrected chi connectivity index (χ0v) is 18.3. The fourth-order valence-corrected chi connectivity index (χ4v) is 4.91. The number of allylic oxidation sites excluding steroid dienone is 4. The molecule has 3 unspecified atom stereocenters. The van der Waals surface area contributed by atoms with Gasteiger partial charge < -0.3 is 14.6 Å². The first-order valence-electron chi connectivity index (χ1n) is 10.8. The molecule has 3 atom stereocenters. The van der Waals surface area contributed by atoms with Gasteiger partial charge in [0.2, 0.25) is 5.79 Å². The zero-order valence-electron chi connectivity index (χ0n) is 18.3. The average molecular weight is 385 g/mol. The van der Waals surface area contributed by atoms with Crippen LogP contribution in [0.1, 0.15) is 96.6 Å². The molecule has 1 aromatic carbocycles. The van der Waals surface area contributed by atoms with Crippen LogP contribution in [0.5, 0.6) is 11.5 Å². The van der Waals surface area contributed by atoms with E-state index in [-0.39, 0.29) is 12.0 Å². The Morgan fingerprint density at radius 2 is 2.11 bits per heavy atom. The fourth-order valence-electron chi connectivity index (χ4n) is 4.91. The van der Waals surface area contributed by atoms with Gasteiger partial charge >= 0.3 is 0 Å². The van der Waals surface area contributed by atoms with Gasteiger partial charge in [-0.1, -0.05) is 30.2 Å². The van der Waals surface area contributed by atoms with Crippen molar-refractivity contribution in [3.8, 4) is 11.5 Å². The third-order valence-corrected chi connectivity index (χ3v) is 6.21. The van der Waals surface area contributed by atoms with E-state index in [2.05, 4.69) is 59.8 Å². The second kappa shape index (κ2) is 8.32. The molecular weight excluding hydrogens is 348 g/mol. The molecule has 1 aliphatic carbocycles. The molecule has 1 saturated carbocycles. The lowest BCUT2D eigenvalue weighted by molar-refractivity contribution is -0.225. The van der Waals surface area contributed by atoms with Crippen molar-refractivity contribution in [3.05, 3.63) is 46.6 Å². The summed E-state index contributed by atoms with van der Waals surface area (Å²) in [5, 5.41) is 11.0. The summed E-state index contributed by atoms with van der Waals surface area (Å²) in [6.07, 6.45) is 8.99. The molecule has 3 nitrogen and oxygen atoms in total. The van der Waals surface area contributed by atoms with Gasteiger partial charge in [0, 0.05) is 24.3 Å². The second-order valence-corrected chi connectivity index (χ2v) is 8.82. The monoisotopic (exact) mass is 384 g/mol. The third-order valence-electron chi connectivity index (χ3n) is 6.21. The van der Waals surface area contributed by atoms with Gasteiger partial charge in [-0.15, -0.1) is 0 Å². The number of hydrogen-bond acceptors (Lipinski definition) is 3. The summed E-state index contributed by atoms with van der Waals surface area (Å²) >= 11 is 0. The van der Waals surface area contributed by atoms with Crippen LogP contribution in [0.15, 0.2) is 35.4 Å². The Morgan fingerprint density at radius 1 is 1.36 bits per heavy atom.